The van der Waals surface area contributed by atoms with Gasteiger partial charge in [0.25, 0.3) is 0 Å². The molecule has 0 aromatic heterocycles. The third-order valence-corrected chi connectivity index (χ3v) is 0. The van der Waals surface area contributed by atoms with Crippen LogP contribution in [0.3, 0.4) is 0 Å². The van der Waals surface area contributed by atoms with Crippen LogP contribution in [0.1, 0.15) is 0 Å². The molecule has 0 N–H and O–H groups in total. The molecule has 0 saturated heterocycles. The van der Waals surface area contributed by atoms with Crippen LogP contribution in [0.4, 0.5) is 0 Å². The fourth-order valence-electron chi connectivity index (χ4n) is 0. The summed E-state index contributed by atoms with van der Waals surface area (Å²) in [6.45, 7) is 0. The summed E-state index contributed by atoms with van der Waals surface area (Å²) >= 11 is 0. The van der Waals surface area contributed by atoms with E-state index in [-0.39, 0.29) is 41.7 Å². The predicted octanol–water partition coefficient (Wildman–Crippen LogP) is -19.0. The van der Waals surface area contributed by atoms with Crippen LogP contribution >= 0.6 is 0 Å². The molecule has 128 valence electrons. The second-order valence-corrected chi connectivity index (χ2v) is 4.54. The molecule has 0 aliphatic heterocycles. The molecule has 16 nitrogen and oxygen atoms in total. The van der Waals surface area contributed by atoms with E-state index in [0.29, 0.717) is 0 Å². The van der Waals surface area contributed by atoms with Crippen molar-refractivity contribution in [2.75, 3.05) is 0 Å². The van der Waals surface area contributed by atoms with Gasteiger partial charge in [0.1, 0.15) is 0 Å². The Morgan fingerprint density at radius 3 is 0.238 bits per heavy atom. The van der Waals surface area contributed by atoms with Crippen molar-refractivity contribution in [2.24, 2.45) is 0 Å². The molecule has 0 rings (SSSR count). The molecule has 0 amide bonds. The molecule has 0 saturated carbocycles. The second-order valence-electron chi connectivity index (χ2n) is 1.51. The molecule has 0 aliphatic carbocycles. The minimum Gasteiger partial charge on any atom is -0.222 e. The molecule has 21 heteroatoms. The predicted molar refractivity (Wildman–Crippen MR) is 0 cm³/mol. The molecule has 21 heavy (non-hydrogen) atoms. The summed E-state index contributed by atoms with van der Waals surface area (Å²) in [5.74, 6) is 0. The Labute approximate surface area is 156 Å². The molecule has 0 radical (unpaired) electrons. The van der Waals surface area contributed by atoms with Gasteiger partial charge in [-0.05, 0) is 0 Å². The van der Waals surface area contributed by atoms with Gasteiger partial charge in [-0.25, -0.2) is 74.5 Å². The van der Waals surface area contributed by atoms with Crippen LogP contribution in [0.2, 0.25) is 0 Å². The van der Waals surface area contributed by atoms with Crippen molar-refractivity contribution in [1.29, 1.82) is 0 Å². The normalized spacial score (nSPS) is 11.4. The molecule has 0 bridgehead atoms. The largest absolute Gasteiger partial charge is 4.00 e. The zero-order chi connectivity index (χ0) is 18.0. The SMILES string of the molecule is [Ce+4].[O-][Cl+3]([O-])([O-])[O-].[O-][Cl+3]([O-])([O-])[O-].[O-][Cl+3]([O-])([O-])[O-].[O-][Cl+3]([O-])([O-])[O-]. The maximum Gasteiger partial charge on any atom is 4.00 e. The van der Waals surface area contributed by atoms with Crippen LogP contribution in [-0.2, 0) is 0 Å². The monoisotopic (exact) mass is 536 g/mol. The van der Waals surface area contributed by atoms with Gasteiger partial charge in [-0.2, -0.15) is 0 Å². The maximum atomic E-state index is 8.49. The first-order chi connectivity index (χ1) is 8.00. The summed E-state index contributed by atoms with van der Waals surface area (Å²) in [6, 6.07) is 0. The van der Waals surface area contributed by atoms with Crippen molar-refractivity contribution < 1.29 is 157 Å². The molecular formula is CeCl4O16. The van der Waals surface area contributed by atoms with Crippen LogP contribution in [0.25, 0.3) is 0 Å². The van der Waals surface area contributed by atoms with Gasteiger partial charge >= 0.3 is 41.7 Å². The Morgan fingerprint density at radius 1 is 0.238 bits per heavy atom. The van der Waals surface area contributed by atoms with Crippen LogP contribution in [-0.4, -0.2) is 0 Å². The Bertz CT molecular complexity index is 130. The van der Waals surface area contributed by atoms with E-state index in [0.717, 1.165) is 0 Å². The molecule has 0 fully saturated rings. The summed E-state index contributed by atoms with van der Waals surface area (Å²) in [5.41, 5.74) is 0. The molecule has 0 unspecified atom stereocenters. The molecule has 0 spiro atoms. The van der Waals surface area contributed by atoms with E-state index in [1.54, 1.807) is 0 Å². The van der Waals surface area contributed by atoms with Gasteiger partial charge in [-0.3, -0.25) is 0 Å². The number of halogens is 4. The van der Waals surface area contributed by atoms with Crippen LogP contribution in [0.5, 0.6) is 0 Å². The van der Waals surface area contributed by atoms with Crippen molar-refractivity contribution in [1.82, 2.24) is 0 Å². The average molecular weight is 538 g/mol. The minimum atomic E-state index is -4.94. The van der Waals surface area contributed by atoms with E-state index in [9.17, 15) is 0 Å². The number of hydrogen-bond acceptors (Lipinski definition) is 16. The molecule has 0 aromatic rings. The van der Waals surface area contributed by atoms with Gasteiger partial charge < -0.3 is 0 Å². The zero-order valence-electron chi connectivity index (χ0n) is 8.54. The van der Waals surface area contributed by atoms with Crippen molar-refractivity contribution in [3.63, 3.8) is 0 Å². The summed E-state index contributed by atoms with van der Waals surface area (Å²) in [4.78, 5) is 0. The molecule has 0 aliphatic rings. The van der Waals surface area contributed by atoms with Gasteiger partial charge in [-0.1, -0.05) is 0 Å². The third-order valence-electron chi connectivity index (χ3n) is 0. The molecule has 0 heterocycles. The van der Waals surface area contributed by atoms with Crippen molar-refractivity contribution in [3.8, 4) is 0 Å². The van der Waals surface area contributed by atoms with E-state index in [1.165, 1.54) is 0 Å². The van der Waals surface area contributed by atoms with Crippen molar-refractivity contribution in [2.45, 2.75) is 0 Å². The third kappa shape index (κ3) is 2410. The second kappa shape index (κ2) is 14.3. The first-order valence-electron chi connectivity index (χ1n) is 2.47. The smallest absolute Gasteiger partial charge is 0.222 e. The Hall–Kier alpha value is 1.90. The van der Waals surface area contributed by atoms with Gasteiger partial charge in [0.05, 0.1) is 0 Å². The van der Waals surface area contributed by atoms with Gasteiger partial charge in [0.15, 0.2) is 0 Å². The van der Waals surface area contributed by atoms with E-state index < -0.39 is 41.0 Å². The van der Waals surface area contributed by atoms with Crippen molar-refractivity contribution >= 4 is 0 Å². The fourth-order valence-corrected chi connectivity index (χ4v) is 0. The van der Waals surface area contributed by atoms with Crippen molar-refractivity contribution in [3.05, 3.63) is 0 Å². The quantitative estimate of drug-likeness (QED) is 0.276. The molecule has 0 atom stereocenters. The maximum absolute atomic E-state index is 8.49. The Balaban J connectivity index is -0.0000000533. The summed E-state index contributed by atoms with van der Waals surface area (Å²) in [6.07, 6.45) is 0. The van der Waals surface area contributed by atoms with E-state index in [1.807, 2.05) is 0 Å². The molecule has 0 aromatic carbocycles. The molecular weight excluding hydrogens is 538 g/mol. The topological polar surface area (TPSA) is 369 Å². The summed E-state index contributed by atoms with van der Waals surface area (Å²) in [5, 5.41) is 0. The van der Waals surface area contributed by atoms with E-state index in [2.05, 4.69) is 0 Å². The van der Waals surface area contributed by atoms with Crippen LogP contribution < -0.4 is 74.5 Å². The standard InChI is InChI=1S/Ce.4ClHO4/c;4*2-1(3,4)5/h;4*(H,2,3,4,5)/q+4;;;;/p-4. The summed E-state index contributed by atoms with van der Waals surface area (Å²) < 4.78 is 136. The average Bonchev–Trinajstić information content (AvgIpc) is 1.62. The zero-order valence-corrected chi connectivity index (χ0v) is 14.7. The minimum absolute atomic E-state index is 0. The first-order valence-corrected chi connectivity index (χ1v) is 7.41. The fraction of sp³-hybridized carbons (Fsp3) is 0. The Kier molecular flexibility index (Phi) is 23.3. The van der Waals surface area contributed by atoms with E-state index >= 15 is 0 Å². The number of hydrogen-bond donors (Lipinski definition) is 0. The van der Waals surface area contributed by atoms with Crippen LogP contribution in [0.15, 0.2) is 0 Å². The van der Waals surface area contributed by atoms with Crippen LogP contribution in [0, 0.1) is 82.7 Å². The summed E-state index contributed by atoms with van der Waals surface area (Å²) in [7, 11) is -19.8. The van der Waals surface area contributed by atoms with Gasteiger partial charge in [0, 0.05) is 0 Å². The number of rotatable bonds is 0. The van der Waals surface area contributed by atoms with E-state index in [4.69, 9.17) is 74.5 Å². The first kappa shape index (κ1) is 34.3. The van der Waals surface area contributed by atoms with Gasteiger partial charge in [-0.15, -0.1) is 41.0 Å². The Morgan fingerprint density at radius 2 is 0.238 bits per heavy atom. The van der Waals surface area contributed by atoms with Gasteiger partial charge in [0.2, 0.25) is 0 Å².